The van der Waals surface area contributed by atoms with Gasteiger partial charge in [-0.05, 0) is 54.8 Å². The van der Waals surface area contributed by atoms with E-state index in [4.69, 9.17) is 4.74 Å². The third-order valence-electron chi connectivity index (χ3n) is 4.41. The number of nitrogens with one attached hydrogen (secondary N) is 2. The lowest BCUT2D eigenvalue weighted by Crippen LogP contribution is -2.34. The number of rotatable bonds is 8. The van der Waals surface area contributed by atoms with Gasteiger partial charge >= 0.3 is 0 Å². The molecule has 0 unspecified atom stereocenters. The number of para-hydroxylation sites is 1. The fourth-order valence-corrected chi connectivity index (χ4v) is 3.59. The summed E-state index contributed by atoms with van der Waals surface area (Å²) in [5.74, 6) is -0.295. The molecule has 0 aliphatic heterocycles. The Hall–Kier alpha value is -3.65. The Kier molecular flexibility index (Phi) is 7.40. The molecule has 0 aliphatic carbocycles. The molecule has 2 aromatic carbocycles. The molecule has 3 rings (SSSR count). The van der Waals surface area contributed by atoms with Crippen LogP contribution >= 0.6 is 11.3 Å². The lowest BCUT2D eigenvalue weighted by molar-refractivity contribution is -0.115. The van der Waals surface area contributed by atoms with Crippen molar-refractivity contribution in [1.82, 2.24) is 5.32 Å². The highest BCUT2D eigenvalue weighted by Crippen LogP contribution is 2.22. The summed E-state index contributed by atoms with van der Waals surface area (Å²) in [5, 5.41) is 7.15. The maximum atomic E-state index is 12.7. The summed E-state index contributed by atoms with van der Waals surface area (Å²) in [6.07, 6.45) is 0. The molecular weight excluding hydrogens is 414 g/mol. The minimum Gasteiger partial charge on any atom is -0.494 e. The highest BCUT2D eigenvalue weighted by Gasteiger charge is 2.20. The number of benzene rings is 2. The fraction of sp³-hybridized carbons (Fsp3) is 0.174. The van der Waals surface area contributed by atoms with Gasteiger partial charge in [0.1, 0.15) is 5.75 Å². The van der Waals surface area contributed by atoms with Crippen LogP contribution in [0.1, 0.15) is 27.0 Å². The Morgan fingerprint density at radius 1 is 1.00 bits per heavy atom. The number of nitrogens with zero attached hydrogens (tertiary/aromatic N) is 1. The third-order valence-corrected chi connectivity index (χ3v) is 5.26. The van der Waals surface area contributed by atoms with Crippen LogP contribution in [0.15, 0.2) is 66.0 Å². The largest absolute Gasteiger partial charge is 0.494 e. The molecule has 1 aromatic heterocycles. The first-order valence-corrected chi connectivity index (χ1v) is 10.6. The van der Waals surface area contributed by atoms with Gasteiger partial charge in [0, 0.05) is 12.7 Å². The van der Waals surface area contributed by atoms with Gasteiger partial charge in [0.05, 0.1) is 29.3 Å². The van der Waals surface area contributed by atoms with Crippen molar-refractivity contribution in [1.29, 1.82) is 0 Å². The standard InChI is InChI=1S/C23H23N3O4S/c1-3-30-17-12-10-16(11-13-17)25-21(27)15-24-22(28)18-7-4-5-8-19(18)26(2)23(29)20-9-6-14-31-20/h4-14H,3,15H2,1-2H3,(H,24,28)(H,25,27). The maximum Gasteiger partial charge on any atom is 0.268 e. The SMILES string of the molecule is CCOc1ccc(NC(=O)CNC(=O)c2ccccc2N(C)C(=O)c2cccs2)cc1. The van der Waals surface area contributed by atoms with Crippen molar-refractivity contribution in [2.75, 3.05) is 30.4 Å². The van der Waals surface area contributed by atoms with Gasteiger partial charge in [-0.15, -0.1) is 11.3 Å². The molecule has 1 heterocycles. The van der Waals surface area contributed by atoms with E-state index in [1.807, 2.05) is 12.3 Å². The number of carbonyl (C=O) groups excluding carboxylic acids is 3. The Labute approximate surface area is 184 Å². The van der Waals surface area contributed by atoms with Crippen molar-refractivity contribution in [3.8, 4) is 5.75 Å². The van der Waals surface area contributed by atoms with Gasteiger partial charge < -0.3 is 20.3 Å². The number of hydrogen-bond acceptors (Lipinski definition) is 5. The number of anilines is 2. The van der Waals surface area contributed by atoms with Crippen molar-refractivity contribution in [2.24, 2.45) is 0 Å². The molecule has 0 aliphatic rings. The second-order valence-electron chi connectivity index (χ2n) is 6.55. The molecule has 0 radical (unpaired) electrons. The van der Waals surface area contributed by atoms with Crippen molar-refractivity contribution < 1.29 is 19.1 Å². The zero-order valence-corrected chi connectivity index (χ0v) is 18.1. The van der Waals surface area contributed by atoms with Crippen LogP contribution in [0.25, 0.3) is 0 Å². The van der Waals surface area contributed by atoms with Gasteiger partial charge in [0.25, 0.3) is 11.8 Å². The summed E-state index contributed by atoms with van der Waals surface area (Å²) in [6.45, 7) is 2.25. The lowest BCUT2D eigenvalue weighted by atomic mass is 10.1. The molecule has 0 atom stereocenters. The van der Waals surface area contributed by atoms with Crippen LogP contribution in [0.2, 0.25) is 0 Å². The molecule has 0 bridgehead atoms. The molecule has 0 fully saturated rings. The number of amides is 3. The normalized spacial score (nSPS) is 10.3. The van der Waals surface area contributed by atoms with Gasteiger partial charge in [-0.2, -0.15) is 0 Å². The topological polar surface area (TPSA) is 87.7 Å². The quantitative estimate of drug-likeness (QED) is 0.561. The number of ether oxygens (including phenoxy) is 1. The summed E-state index contributed by atoms with van der Waals surface area (Å²) < 4.78 is 5.37. The van der Waals surface area contributed by atoms with Crippen molar-refractivity contribution in [2.45, 2.75) is 6.92 Å². The molecule has 3 amide bonds. The van der Waals surface area contributed by atoms with Crippen LogP contribution in [-0.2, 0) is 4.79 Å². The summed E-state index contributed by atoms with van der Waals surface area (Å²) >= 11 is 1.33. The van der Waals surface area contributed by atoms with Gasteiger partial charge in [0.2, 0.25) is 5.91 Å². The van der Waals surface area contributed by atoms with Crippen molar-refractivity contribution in [3.63, 3.8) is 0 Å². The number of carbonyl (C=O) groups is 3. The van der Waals surface area contributed by atoms with Gasteiger partial charge in [0.15, 0.2) is 0 Å². The highest BCUT2D eigenvalue weighted by molar-refractivity contribution is 7.12. The monoisotopic (exact) mass is 437 g/mol. The van der Waals surface area contributed by atoms with E-state index >= 15 is 0 Å². The van der Waals surface area contributed by atoms with Crippen LogP contribution in [-0.4, -0.2) is 37.9 Å². The summed E-state index contributed by atoms with van der Waals surface area (Å²) in [6, 6.07) is 17.3. The fourth-order valence-electron chi connectivity index (χ4n) is 2.90. The molecule has 3 aromatic rings. The first kappa shape index (κ1) is 22.0. The first-order valence-electron chi connectivity index (χ1n) is 9.71. The second-order valence-corrected chi connectivity index (χ2v) is 7.49. The van der Waals surface area contributed by atoms with E-state index in [0.29, 0.717) is 34.2 Å². The average molecular weight is 438 g/mol. The average Bonchev–Trinajstić information content (AvgIpc) is 3.33. The van der Waals surface area contributed by atoms with Gasteiger partial charge in [-0.3, -0.25) is 14.4 Å². The highest BCUT2D eigenvalue weighted by atomic mass is 32.1. The maximum absolute atomic E-state index is 12.7. The van der Waals surface area contributed by atoms with E-state index in [2.05, 4.69) is 10.6 Å². The molecule has 0 saturated carbocycles. The Morgan fingerprint density at radius 3 is 2.42 bits per heavy atom. The predicted molar refractivity (Wildman–Crippen MR) is 122 cm³/mol. The smallest absolute Gasteiger partial charge is 0.268 e. The molecule has 0 spiro atoms. The lowest BCUT2D eigenvalue weighted by Gasteiger charge is -2.19. The molecular formula is C23H23N3O4S. The summed E-state index contributed by atoms with van der Waals surface area (Å²) in [4.78, 5) is 39.6. The first-order chi connectivity index (χ1) is 15.0. The molecule has 0 saturated heterocycles. The Morgan fingerprint density at radius 2 is 1.74 bits per heavy atom. The minimum atomic E-state index is -0.441. The van der Waals surface area contributed by atoms with Crippen LogP contribution in [0.5, 0.6) is 5.75 Å². The van der Waals surface area contributed by atoms with Gasteiger partial charge in [-0.1, -0.05) is 18.2 Å². The van der Waals surface area contributed by atoms with E-state index in [1.54, 1.807) is 67.7 Å². The molecule has 7 nitrogen and oxygen atoms in total. The zero-order valence-electron chi connectivity index (χ0n) is 17.3. The number of hydrogen-bond donors (Lipinski definition) is 2. The van der Waals surface area contributed by atoms with Crippen molar-refractivity contribution >= 4 is 40.4 Å². The third kappa shape index (κ3) is 5.70. The van der Waals surface area contributed by atoms with E-state index in [0.717, 1.165) is 0 Å². The molecule has 160 valence electrons. The summed E-state index contributed by atoms with van der Waals surface area (Å²) in [7, 11) is 1.62. The molecule has 2 N–H and O–H groups in total. The van der Waals surface area contributed by atoms with Crippen LogP contribution in [0.4, 0.5) is 11.4 Å². The van der Waals surface area contributed by atoms with E-state index in [-0.39, 0.29) is 18.4 Å². The Bertz CT molecular complexity index is 1050. The molecule has 8 heteroatoms. The van der Waals surface area contributed by atoms with E-state index in [1.165, 1.54) is 16.2 Å². The minimum absolute atomic E-state index is 0.205. The second kappa shape index (κ2) is 10.4. The number of thiophene rings is 1. The van der Waals surface area contributed by atoms with E-state index < -0.39 is 5.91 Å². The van der Waals surface area contributed by atoms with Crippen LogP contribution in [0, 0.1) is 0 Å². The molecule has 31 heavy (non-hydrogen) atoms. The van der Waals surface area contributed by atoms with Gasteiger partial charge in [-0.25, -0.2) is 0 Å². The zero-order chi connectivity index (χ0) is 22.2. The van der Waals surface area contributed by atoms with Crippen LogP contribution < -0.4 is 20.3 Å². The van der Waals surface area contributed by atoms with Crippen LogP contribution in [0.3, 0.4) is 0 Å². The van der Waals surface area contributed by atoms with Crippen molar-refractivity contribution in [3.05, 3.63) is 76.5 Å². The summed E-state index contributed by atoms with van der Waals surface area (Å²) in [5.41, 5.74) is 1.37. The Balaban J connectivity index is 1.61. The predicted octanol–water partition coefficient (Wildman–Crippen LogP) is 3.79. The van der Waals surface area contributed by atoms with E-state index in [9.17, 15) is 14.4 Å².